The Labute approximate surface area is 123 Å². The Bertz CT molecular complexity index is 402. The zero-order chi connectivity index (χ0) is 14.4. The molecule has 112 valence electrons. The molecule has 2 unspecified atom stereocenters. The zero-order valence-corrected chi connectivity index (χ0v) is 13.2. The van der Waals surface area contributed by atoms with E-state index in [2.05, 4.69) is 50.5 Å². The predicted molar refractivity (Wildman–Crippen MR) is 84.9 cm³/mol. The first-order valence-corrected chi connectivity index (χ1v) is 8.05. The number of nitrogens with one attached hydrogen (secondary N) is 1. The van der Waals surface area contributed by atoms with Gasteiger partial charge in [0.2, 0.25) is 0 Å². The molecule has 1 N–H and O–H groups in total. The standard InChI is InChI=1S/C18H29NO/c1-14(2)10-12-20-13-11-16-9-8-15-6-4-5-7-17(15)18(16)19-3/h4-7,14,16,18-19H,8-13H2,1-3H3. The van der Waals surface area contributed by atoms with Crippen molar-refractivity contribution in [1.29, 1.82) is 0 Å². The first kappa shape index (κ1) is 15.5. The van der Waals surface area contributed by atoms with Gasteiger partial charge in [-0.25, -0.2) is 0 Å². The van der Waals surface area contributed by atoms with Gasteiger partial charge in [-0.05, 0) is 55.7 Å². The van der Waals surface area contributed by atoms with Gasteiger partial charge in [0, 0.05) is 19.3 Å². The minimum atomic E-state index is 0.494. The molecule has 2 atom stereocenters. The fourth-order valence-corrected chi connectivity index (χ4v) is 3.18. The summed E-state index contributed by atoms with van der Waals surface area (Å²) in [6.07, 6.45) is 4.82. The van der Waals surface area contributed by atoms with Crippen LogP contribution in [-0.2, 0) is 11.2 Å². The average Bonchev–Trinajstić information content (AvgIpc) is 2.46. The van der Waals surface area contributed by atoms with Crippen LogP contribution in [0.2, 0.25) is 0 Å². The summed E-state index contributed by atoms with van der Waals surface area (Å²) in [6.45, 7) is 6.31. The van der Waals surface area contributed by atoms with Crippen LogP contribution >= 0.6 is 0 Å². The second-order valence-electron chi connectivity index (χ2n) is 6.35. The smallest absolute Gasteiger partial charge is 0.0469 e. The van der Waals surface area contributed by atoms with Gasteiger partial charge < -0.3 is 10.1 Å². The maximum Gasteiger partial charge on any atom is 0.0469 e. The summed E-state index contributed by atoms with van der Waals surface area (Å²) in [5.74, 6) is 1.44. The second kappa shape index (κ2) is 7.80. The number of benzene rings is 1. The predicted octanol–water partition coefficient (Wildman–Crippen LogP) is 3.96. The molecule has 0 fully saturated rings. The summed E-state index contributed by atoms with van der Waals surface area (Å²) in [4.78, 5) is 0. The van der Waals surface area contributed by atoms with Gasteiger partial charge in [0.05, 0.1) is 0 Å². The lowest BCUT2D eigenvalue weighted by Crippen LogP contribution is -2.31. The number of ether oxygens (including phenoxy) is 1. The molecule has 2 nitrogen and oxygen atoms in total. The highest BCUT2D eigenvalue weighted by Gasteiger charge is 2.27. The third-order valence-electron chi connectivity index (χ3n) is 4.43. The molecule has 0 radical (unpaired) electrons. The molecule has 1 aromatic rings. The first-order valence-electron chi connectivity index (χ1n) is 8.05. The van der Waals surface area contributed by atoms with Crippen LogP contribution in [0, 0.1) is 11.8 Å². The number of hydrogen-bond acceptors (Lipinski definition) is 2. The zero-order valence-electron chi connectivity index (χ0n) is 13.2. The number of rotatable bonds is 7. The van der Waals surface area contributed by atoms with E-state index in [-0.39, 0.29) is 0 Å². The van der Waals surface area contributed by atoms with Crippen molar-refractivity contribution in [2.75, 3.05) is 20.3 Å². The first-order chi connectivity index (χ1) is 9.72. The molecule has 1 aliphatic carbocycles. The van der Waals surface area contributed by atoms with E-state index >= 15 is 0 Å². The van der Waals surface area contributed by atoms with Crippen LogP contribution in [-0.4, -0.2) is 20.3 Å². The van der Waals surface area contributed by atoms with Crippen LogP contribution in [0.3, 0.4) is 0 Å². The van der Waals surface area contributed by atoms with Gasteiger partial charge in [-0.1, -0.05) is 38.1 Å². The molecule has 0 heterocycles. The van der Waals surface area contributed by atoms with Gasteiger partial charge in [0.15, 0.2) is 0 Å². The molecular weight excluding hydrogens is 246 g/mol. The van der Waals surface area contributed by atoms with E-state index < -0.39 is 0 Å². The quantitative estimate of drug-likeness (QED) is 0.760. The molecule has 20 heavy (non-hydrogen) atoms. The van der Waals surface area contributed by atoms with Crippen LogP contribution in [0.15, 0.2) is 24.3 Å². The van der Waals surface area contributed by atoms with Crippen LogP contribution in [0.4, 0.5) is 0 Å². The minimum absolute atomic E-state index is 0.494. The van der Waals surface area contributed by atoms with Crippen LogP contribution in [0.1, 0.15) is 50.3 Å². The monoisotopic (exact) mass is 275 g/mol. The van der Waals surface area contributed by atoms with Gasteiger partial charge in [-0.2, -0.15) is 0 Å². The van der Waals surface area contributed by atoms with Crippen LogP contribution in [0.5, 0.6) is 0 Å². The Morgan fingerprint density at radius 3 is 2.80 bits per heavy atom. The molecule has 1 aliphatic rings. The maximum atomic E-state index is 5.80. The van der Waals surface area contributed by atoms with E-state index in [1.54, 1.807) is 0 Å². The number of hydrogen-bond donors (Lipinski definition) is 1. The molecule has 0 amide bonds. The Balaban J connectivity index is 1.84. The van der Waals surface area contributed by atoms with E-state index in [0.29, 0.717) is 12.0 Å². The highest BCUT2D eigenvalue weighted by atomic mass is 16.5. The van der Waals surface area contributed by atoms with Gasteiger partial charge in [-0.3, -0.25) is 0 Å². The van der Waals surface area contributed by atoms with Crippen molar-refractivity contribution in [3.63, 3.8) is 0 Å². The summed E-state index contributed by atoms with van der Waals surface area (Å²) < 4.78 is 5.80. The third kappa shape index (κ3) is 4.07. The van der Waals surface area contributed by atoms with Gasteiger partial charge in [0.25, 0.3) is 0 Å². The largest absolute Gasteiger partial charge is 0.381 e. The summed E-state index contributed by atoms with van der Waals surface area (Å²) >= 11 is 0. The molecule has 0 spiro atoms. The average molecular weight is 275 g/mol. The molecule has 0 saturated carbocycles. The highest BCUT2D eigenvalue weighted by Crippen LogP contribution is 2.35. The SMILES string of the molecule is CNC1c2ccccc2CCC1CCOCCC(C)C. The summed E-state index contributed by atoms with van der Waals surface area (Å²) in [7, 11) is 2.08. The van der Waals surface area contributed by atoms with Gasteiger partial charge >= 0.3 is 0 Å². The molecular formula is C18H29NO. The Hall–Kier alpha value is -0.860. The van der Waals surface area contributed by atoms with E-state index in [1.165, 1.54) is 30.4 Å². The van der Waals surface area contributed by atoms with Crippen molar-refractivity contribution in [2.45, 2.75) is 45.6 Å². The van der Waals surface area contributed by atoms with Crippen LogP contribution in [0.25, 0.3) is 0 Å². The summed E-state index contributed by atoms with van der Waals surface area (Å²) in [5, 5.41) is 3.51. The van der Waals surface area contributed by atoms with E-state index in [9.17, 15) is 0 Å². The van der Waals surface area contributed by atoms with Crippen LogP contribution < -0.4 is 5.32 Å². The fourth-order valence-electron chi connectivity index (χ4n) is 3.18. The lowest BCUT2D eigenvalue weighted by Gasteiger charge is -2.33. The Morgan fingerprint density at radius 1 is 1.25 bits per heavy atom. The van der Waals surface area contributed by atoms with Gasteiger partial charge in [0.1, 0.15) is 0 Å². The van der Waals surface area contributed by atoms with Crippen molar-refractivity contribution in [2.24, 2.45) is 11.8 Å². The summed E-state index contributed by atoms with van der Waals surface area (Å²) in [5.41, 5.74) is 3.01. The molecule has 1 aromatic carbocycles. The number of fused-ring (bicyclic) bond motifs is 1. The van der Waals surface area contributed by atoms with Crippen molar-refractivity contribution in [1.82, 2.24) is 5.32 Å². The topological polar surface area (TPSA) is 21.3 Å². The van der Waals surface area contributed by atoms with Crippen molar-refractivity contribution < 1.29 is 4.74 Å². The summed E-state index contributed by atoms with van der Waals surface area (Å²) in [6, 6.07) is 9.36. The van der Waals surface area contributed by atoms with Crippen molar-refractivity contribution >= 4 is 0 Å². The second-order valence-corrected chi connectivity index (χ2v) is 6.35. The lowest BCUT2D eigenvalue weighted by molar-refractivity contribution is 0.102. The molecule has 0 saturated heterocycles. The molecule has 0 bridgehead atoms. The fraction of sp³-hybridized carbons (Fsp3) is 0.667. The number of aryl methyl sites for hydroxylation is 1. The van der Waals surface area contributed by atoms with E-state index in [0.717, 1.165) is 25.6 Å². The minimum Gasteiger partial charge on any atom is -0.381 e. The molecule has 2 heteroatoms. The third-order valence-corrected chi connectivity index (χ3v) is 4.43. The lowest BCUT2D eigenvalue weighted by atomic mass is 9.78. The van der Waals surface area contributed by atoms with Crippen molar-refractivity contribution in [3.05, 3.63) is 35.4 Å². The maximum absolute atomic E-state index is 5.80. The highest BCUT2D eigenvalue weighted by molar-refractivity contribution is 5.32. The Kier molecular flexibility index (Phi) is 6.06. The molecule has 0 aromatic heterocycles. The normalized spacial score (nSPS) is 22.0. The van der Waals surface area contributed by atoms with E-state index in [1.807, 2.05) is 0 Å². The van der Waals surface area contributed by atoms with Gasteiger partial charge in [-0.15, -0.1) is 0 Å². The van der Waals surface area contributed by atoms with Crippen molar-refractivity contribution in [3.8, 4) is 0 Å². The molecule has 2 rings (SSSR count). The molecule has 0 aliphatic heterocycles. The van der Waals surface area contributed by atoms with E-state index in [4.69, 9.17) is 4.74 Å². The Morgan fingerprint density at radius 2 is 2.05 bits per heavy atom.